The summed E-state index contributed by atoms with van der Waals surface area (Å²) in [7, 11) is 0. The van der Waals surface area contributed by atoms with Gasteiger partial charge < -0.3 is 107 Å². The fourth-order valence-electron chi connectivity index (χ4n) is 9.37. The van der Waals surface area contributed by atoms with Gasteiger partial charge in [0.1, 0.15) is 31.7 Å². The van der Waals surface area contributed by atoms with Crippen LogP contribution in [0.3, 0.4) is 0 Å². The molecule has 0 aliphatic rings. The summed E-state index contributed by atoms with van der Waals surface area (Å²) in [4.78, 5) is 165. The predicted octanol–water partition coefficient (Wildman–Crippen LogP) is 4.61. The van der Waals surface area contributed by atoms with Crippen molar-refractivity contribution in [3.63, 3.8) is 0 Å². The van der Waals surface area contributed by atoms with E-state index in [0.717, 1.165) is 0 Å². The molecule has 0 fully saturated rings. The maximum absolute atomic E-state index is 14.5. The van der Waals surface area contributed by atoms with Crippen LogP contribution in [0, 0.1) is 21.7 Å². The SMILES string of the molecule is CC(C)(Br)C(=O)CCC(CNC(=O)C(C)(C)Br)(CNC(=O)C(C)(C)Br)COCC(=O)NCC(CNC(=O)COCC(CNC(=O)C(C)(C)Br)(CNC(=O)C(C)(C)Br)CNC(=O)C(C)(C)Br)(CNC(=O)COCC(CNC(=O)C(C)(C)Br)(CNC(=O)C(C)(C)Br)CNC(=O)C(C)(C)Br)COCCOCCOCCOCCOCC(O)CO. The first kappa shape index (κ1) is 114. The minimum Gasteiger partial charge on any atom is -0.394 e. The average Bonchev–Trinajstić information content (AvgIpc) is 0.836. The lowest BCUT2D eigenvalue weighted by atomic mass is 9.81. The van der Waals surface area contributed by atoms with Crippen LogP contribution in [-0.4, -0.2) is 310 Å². The van der Waals surface area contributed by atoms with E-state index in [-0.39, 0.29) is 157 Å². The van der Waals surface area contributed by atoms with E-state index >= 15 is 0 Å². The van der Waals surface area contributed by atoms with E-state index in [4.69, 9.17) is 43.0 Å². The maximum Gasteiger partial charge on any atom is 0.246 e. The number of carbonyl (C=O) groups is 12. The van der Waals surface area contributed by atoms with Crippen LogP contribution < -0.4 is 58.5 Å². The summed E-state index contributed by atoms with van der Waals surface area (Å²) >= 11 is 30.6. The maximum atomic E-state index is 14.5. The van der Waals surface area contributed by atoms with Gasteiger partial charge in [0.2, 0.25) is 65.0 Å². The van der Waals surface area contributed by atoms with Gasteiger partial charge in [0.05, 0.1) is 131 Å². The van der Waals surface area contributed by atoms with Gasteiger partial charge in [0.15, 0.2) is 0 Å². The fraction of sp³-hybridized carbons (Fsp3) is 0.838. The van der Waals surface area contributed by atoms with Gasteiger partial charge in [-0.15, -0.1) is 0 Å². The summed E-state index contributed by atoms with van der Waals surface area (Å²) in [6.07, 6.45) is -0.990. The standard InChI is InChI=1S/C74H128Br9N11O22/c1-62(2,75)50(97)19-20-71(34-87-54(101)63(3,4)76,35-88-55(102)64(5,6)77)45-114-31-51(98)84-36-72(46-113-28-26-111-24-22-109-21-23-110-25-27-112-30-49(96)29-95,37-85-52(99)32-115-47-73(39-89-56(103)65(7,8)78,40-90-57(104)66(9,10)79)41-91-58(105)67(11,12)80)38-86-53(100)33-116-48-74(42-92-59(106)68(13,14)81,43-93-60(107)69(15,16)82)44-94-61(108)70(17,18)83/h49,95-96H,19-48H2,1-18H3,(H,84,98)(H,85,99)(H,86,100)(H,87,101)(H,88,102)(H,89,103)(H,90,104)(H,91,105)(H,92,106)(H,93,107)(H,94,108). The summed E-state index contributed by atoms with van der Waals surface area (Å²) in [6.45, 7) is 23.9. The van der Waals surface area contributed by atoms with E-state index in [2.05, 4.69) is 202 Å². The smallest absolute Gasteiger partial charge is 0.246 e. The Morgan fingerprint density at radius 2 is 0.457 bits per heavy atom. The zero-order valence-corrected chi connectivity index (χ0v) is 84.5. The summed E-state index contributed by atoms with van der Waals surface area (Å²) in [6, 6.07) is 0. The topological polar surface area (TPSA) is 451 Å². The summed E-state index contributed by atoms with van der Waals surface area (Å²) in [5.74, 6) is -5.99. The van der Waals surface area contributed by atoms with Crippen molar-refractivity contribution in [3.05, 3.63) is 0 Å². The number of alkyl halides is 9. The molecule has 0 saturated carbocycles. The Hall–Kier alpha value is -2.24. The molecule has 0 aromatic rings. The molecule has 0 aromatic carbocycles. The number of aliphatic hydroxyl groups excluding tert-OH is 2. The van der Waals surface area contributed by atoms with Crippen LogP contribution >= 0.6 is 143 Å². The second-order valence-corrected chi connectivity index (χ2v) is 51.1. The fourth-order valence-corrected chi connectivity index (χ4v) is 10.7. The minimum absolute atomic E-state index is 0.0116. The van der Waals surface area contributed by atoms with Gasteiger partial charge in [-0.25, -0.2) is 0 Å². The van der Waals surface area contributed by atoms with Gasteiger partial charge in [-0.05, 0) is 131 Å². The molecule has 42 heteroatoms. The van der Waals surface area contributed by atoms with Gasteiger partial charge in [-0.3, -0.25) is 57.5 Å². The number of carbonyl (C=O) groups excluding carboxylic acids is 12. The molecule has 13 N–H and O–H groups in total. The predicted molar refractivity (Wildman–Crippen MR) is 474 cm³/mol. The Morgan fingerprint density at radius 1 is 0.267 bits per heavy atom. The molecule has 0 radical (unpaired) electrons. The Labute approximate surface area is 760 Å². The second-order valence-electron chi connectivity index (χ2n) is 33.2. The monoisotopic (exact) mass is 2230 g/mol. The van der Waals surface area contributed by atoms with Crippen molar-refractivity contribution in [1.82, 2.24) is 58.5 Å². The Bertz CT molecular complexity index is 2610. The van der Waals surface area contributed by atoms with E-state index in [9.17, 15) is 62.6 Å². The van der Waals surface area contributed by atoms with Crippen LogP contribution in [0.4, 0.5) is 0 Å². The van der Waals surface area contributed by atoms with Crippen LogP contribution in [0.25, 0.3) is 0 Å². The number of ketones is 1. The molecule has 0 aromatic heterocycles. The first-order valence-electron chi connectivity index (χ1n) is 37.6. The summed E-state index contributed by atoms with van der Waals surface area (Å²) in [5, 5.41) is 50.2. The first-order valence-corrected chi connectivity index (χ1v) is 44.8. The highest BCUT2D eigenvalue weighted by Crippen LogP contribution is 2.31. The quantitative estimate of drug-likeness (QED) is 0.0292. The molecular weight excluding hydrogens is 2110 g/mol. The van der Waals surface area contributed by atoms with Gasteiger partial charge >= 0.3 is 0 Å². The van der Waals surface area contributed by atoms with Crippen LogP contribution in [0.2, 0.25) is 0 Å². The molecule has 0 rings (SSSR count). The van der Waals surface area contributed by atoms with Crippen molar-refractivity contribution < 1.29 is 106 Å². The Kier molecular flexibility index (Phi) is 51.5. The minimum atomic E-state index is -1.54. The van der Waals surface area contributed by atoms with E-state index in [1.165, 1.54) is 0 Å². The van der Waals surface area contributed by atoms with E-state index in [1.807, 2.05) is 0 Å². The molecule has 33 nitrogen and oxygen atoms in total. The lowest BCUT2D eigenvalue weighted by Crippen LogP contribution is -2.58. The molecule has 674 valence electrons. The number of rotatable bonds is 63. The average molecular weight is 2240 g/mol. The van der Waals surface area contributed by atoms with E-state index < -0.39 is 178 Å². The number of hydrogen-bond donors (Lipinski definition) is 13. The molecule has 0 aliphatic heterocycles. The van der Waals surface area contributed by atoms with E-state index in [0.29, 0.717) is 0 Å². The van der Waals surface area contributed by atoms with Crippen molar-refractivity contribution in [2.24, 2.45) is 21.7 Å². The number of amides is 11. The highest BCUT2D eigenvalue weighted by atomic mass is 79.9. The zero-order valence-electron chi connectivity index (χ0n) is 70.3. The first-order chi connectivity index (χ1) is 52.9. The number of aliphatic hydroxyl groups is 2. The highest BCUT2D eigenvalue weighted by molar-refractivity contribution is 9.11. The van der Waals surface area contributed by atoms with Gasteiger partial charge in [-0.1, -0.05) is 143 Å². The van der Waals surface area contributed by atoms with Gasteiger partial charge in [0.25, 0.3) is 0 Å². The zero-order chi connectivity index (χ0) is 89.7. The second kappa shape index (κ2) is 52.5. The normalized spacial score (nSPS) is 13.4. The highest BCUT2D eigenvalue weighted by Gasteiger charge is 2.43. The molecule has 0 spiro atoms. The van der Waals surface area contributed by atoms with Crippen LogP contribution in [0.1, 0.15) is 137 Å². The third-order valence-corrected chi connectivity index (χ3v) is 20.5. The molecule has 0 bridgehead atoms. The molecular formula is C74H128Br9N11O22. The molecule has 11 amide bonds. The molecule has 1 unspecified atom stereocenters. The van der Waals surface area contributed by atoms with Crippen LogP contribution in [-0.2, 0) is 95.4 Å². The van der Waals surface area contributed by atoms with Crippen molar-refractivity contribution in [1.29, 1.82) is 0 Å². The van der Waals surface area contributed by atoms with Crippen LogP contribution in [0.5, 0.6) is 0 Å². The number of ether oxygens (including phenoxy) is 8. The van der Waals surface area contributed by atoms with Crippen molar-refractivity contribution >= 4 is 214 Å². The molecule has 0 aliphatic carbocycles. The third-order valence-electron chi connectivity index (χ3n) is 17.2. The largest absolute Gasteiger partial charge is 0.394 e. The number of Topliss-reactive ketones (excluding diaryl/α,β-unsaturated/α-hetero) is 1. The Balaban J connectivity index is 8.20. The van der Waals surface area contributed by atoms with Crippen molar-refractivity contribution in [2.45, 2.75) is 182 Å². The van der Waals surface area contributed by atoms with E-state index in [1.54, 1.807) is 125 Å². The lowest BCUT2D eigenvalue weighted by Gasteiger charge is -2.37. The molecule has 0 heterocycles. The number of halogens is 9. The van der Waals surface area contributed by atoms with Gasteiger partial charge in [-0.2, -0.15) is 0 Å². The van der Waals surface area contributed by atoms with Crippen molar-refractivity contribution in [2.75, 3.05) is 184 Å². The lowest BCUT2D eigenvalue weighted by molar-refractivity contribution is -0.132. The molecule has 0 saturated heterocycles. The number of hydrogen-bond acceptors (Lipinski definition) is 22. The van der Waals surface area contributed by atoms with Gasteiger partial charge in [0, 0.05) is 100 Å². The summed E-state index contributed by atoms with van der Waals surface area (Å²) < 4.78 is 37.7. The third kappa shape index (κ3) is 49.9. The molecule has 1 atom stereocenters. The van der Waals surface area contributed by atoms with Crippen LogP contribution in [0.15, 0.2) is 0 Å². The Morgan fingerprint density at radius 3 is 0.672 bits per heavy atom. The number of nitrogens with one attached hydrogen (secondary N) is 11. The molecule has 116 heavy (non-hydrogen) atoms. The van der Waals surface area contributed by atoms with Crippen molar-refractivity contribution in [3.8, 4) is 0 Å². The summed E-state index contributed by atoms with van der Waals surface area (Å²) in [5.41, 5.74) is -5.41.